The fraction of sp³-hybridized carbons (Fsp3) is 0.385. The van der Waals surface area contributed by atoms with Crippen molar-refractivity contribution in [3.63, 3.8) is 0 Å². The lowest BCUT2D eigenvalue weighted by Crippen LogP contribution is -1.96. The number of aromatic amines is 1. The molecule has 0 aliphatic carbocycles. The molecule has 2 aromatic rings. The van der Waals surface area contributed by atoms with Gasteiger partial charge in [0.1, 0.15) is 0 Å². The maximum absolute atomic E-state index is 3.46. The van der Waals surface area contributed by atoms with Crippen molar-refractivity contribution in [2.24, 2.45) is 0 Å². The quantitative estimate of drug-likeness (QED) is 0.800. The predicted octanol–water partition coefficient (Wildman–Crippen LogP) is 3.98. The van der Waals surface area contributed by atoms with E-state index in [9.17, 15) is 0 Å². The Bertz CT molecular complexity index is 400. The summed E-state index contributed by atoms with van der Waals surface area (Å²) in [6, 6.07) is 8.75. The predicted molar refractivity (Wildman–Crippen MR) is 66.6 cm³/mol. The van der Waals surface area contributed by atoms with E-state index in [2.05, 4.69) is 48.5 Å². The molecule has 2 heterocycles. The van der Waals surface area contributed by atoms with Crippen molar-refractivity contribution in [3.8, 4) is 0 Å². The van der Waals surface area contributed by atoms with E-state index >= 15 is 0 Å². The highest BCUT2D eigenvalue weighted by Crippen LogP contribution is 2.24. The van der Waals surface area contributed by atoms with Crippen LogP contribution < -0.4 is 0 Å². The van der Waals surface area contributed by atoms with Gasteiger partial charge in [0.25, 0.3) is 0 Å². The Morgan fingerprint density at radius 3 is 2.67 bits per heavy atom. The van der Waals surface area contributed by atoms with Crippen LogP contribution in [0, 0.1) is 0 Å². The number of hydrogen-bond acceptors (Lipinski definition) is 1. The van der Waals surface area contributed by atoms with Crippen LogP contribution in [0.1, 0.15) is 36.0 Å². The molecule has 2 aromatic heterocycles. The summed E-state index contributed by atoms with van der Waals surface area (Å²) in [5, 5.41) is 2.15. The summed E-state index contributed by atoms with van der Waals surface area (Å²) in [6.45, 7) is 4.47. The molecule has 0 saturated carbocycles. The van der Waals surface area contributed by atoms with Crippen molar-refractivity contribution in [2.75, 3.05) is 0 Å². The minimum Gasteiger partial charge on any atom is -0.362 e. The Hall–Kier alpha value is -1.02. The van der Waals surface area contributed by atoms with Crippen LogP contribution in [0.25, 0.3) is 0 Å². The third-order valence-electron chi connectivity index (χ3n) is 2.74. The summed E-state index contributed by atoms with van der Waals surface area (Å²) in [7, 11) is 0. The topological polar surface area (TPSA) is 15.8 Å². The Balaban J connectivity index is 2.02. The molecule has 80 valence electrons. The summed E-state index contributed by atoms with van der Waals surface area (Å²) in [6.07, 6.45) is 2.20. The van der Waals surface area contributed by atoms with Gasteiger partial charge in [0.2, 0.25) is 0 Å². The van der Waals surface area contributed by atoms with Gasteiger partial charge in [-0.15, -0.1) is 11.3 Å². The van der Waals surface area contributed by atoms with E-state index < -0.39 is 0 Å². The Labute approximate surface area is 95.2 Å². The first-order valence-corrected chi connectivity index (χ1v) is 6.37. The zero-order chi connectivity index (χ0) is 10.7. The van der Waals surface area contributed by atoms with Gasteiger partial charge >= 0.3 is 0 Å². The number of rotatable bonds is 4. The van der Waals surface area contributed by atoms with Gasteiger partial charge in [0.05, 0.1) is 0 Å². The molecule has 1 unspecified atom stereocenters. The van der Waals surface area contributed by atoms with Gasteiger partial charge in [0, 0.05) is 16.3 Å². The zero-order valence-corrected chi connectivity index (χ0v) is 10.1. The second-order valence-electron chi connectivity index (χ2n) is 3.98. The van der Waals surface area contributed by atoms with Gasteiger partial charge in [-0.25, -0.2) is 0 Å². The molecule has 0 aliphatic rings. The molecule has 0 bridgehead atoms. The SMILES string of the molecule is CCc1ccc(CC(C)c2cccs2)[nH]1. The highest BCUT2D eigenvalue weighted by atomic mass is 32.1. The molecule has 0 saturated heterocycles. The van der Waals surface area contributed by atoms with Gasteiger partial charge in [-0.05, 0) is 42.3 Å². The number of aryl methyl sites for hydroxylation is 1. The van der Waals surface area contributed by atoms with Crippen molar-refractivity contribution < 1.29 is 0 Å². The van der Waals surface area contributed by atoms with Crippen LogP contribution in [-0.4, -0.2) is 4.98 Å². The second kappa shape index (κ2) is 4.67. The van der Waals surface area contributed by atoms with Crippen LogP contribution in [0.5, 0.6) is 0 Å². The molecule has 0 amide bonds. The van der Waals surface area contributed by atoms with Crippen LogP contribution in [0.4, 0.5) is 0 Å². The van der Waals surface area contributed by atoms with Crippen molar-refractivity contribution in [2.45, 2.75) is 32.6 Å². The van der Waals surface area contributed by atoms with Crippen molar-refractivity contribution in [1.82, 2.24) is 4.98 Å². The zero-order valence-electron chi connectivity index (χ0n) is 9.29. The summed E-state index contributed by atoms with van der Waals surface area (Å²) < 4.78 is 0. The van der Waals surface area contributed by atoms with Gasteiger partial charge in [0.15, 0.2) is 0 Å². The maximum Gasteiger partial charge on any atom is 0.0155 e. The first-order chi connectivity index (χ1) is 7.29. The van der Waals surface area contributed by atoms with E-state index in [1.807, 2.05) is 11.3 Å². The van der Waals surface area contributed by atoms with E-state index in [4.69, 9.17) is 0 Å². The molecule has 0 radical (unpaired) electrons. The minimum absolute atomic E-state index is 0.619. The number of aromatic nitrogens is 1. The molecule has 1 atom stereocenters. The molecule has 2 rings (SSSR count). The fourth-order valence-electron chi connectivity index (χ4n) is 1.82. The van der Waals surface area contributed by atoms with Crippen molar-refractivity contribution in [1.29, 1.82) is 0 Å². The molecule has 1 N–H and O–H groups in total. The van der Waals surface area contributed by atoms with Gasteiger partial charge in [-0.2, -0.15) is 0 Å². The fourth-order valence-corrected chi connectivity index (χ4v) is 2.61. The summed E-state index contributed by atoms with van der Waals surface area (Å²) in [5.41, 5.74) is 2.69. The standard InChI is InChI=1S/C13H17NS/c1-3-11-6-7-12(14-11)9-10(2)13-5-4-8-15-13/h4-8,10,14H,3,9H2,1-2H3. The molecular formula is C13H17NS. The summed E-state index contributed by atoms with van der Waals surface area (Å²) in [5.74, 6) is 0.619. The molecule has 1 nitrogen and oxygen atoms in total. The van der Waals surface area contributed by atoms with Gasteiger partial charge in [-0.3, -0.25) is 0 Å². The van der Waals surface area contributed by atoms with Crippen molar-refractivity contribution in [3.05, 3.63) is 45.9 Å². The first kappa shape index (κ1) is 10.5. The lowest BCUT2D eigenvalue weighted by atomic mass is 10.0. The summed E-state index contributed by atoms with van der Waals surface area (Å²) >= 11 is 1.85. The first-order valence-electron chi connectivity index (χ1n) is 5.49. The molecule has 0 spiro atoms. The maximum atomic E-state index is 3.46. The van der Waals surface area contributed by atoms with Crippen LogP contribution in [0.15, 0.2) is 29.6 Å². The average molecular weight is 219 g/mol. The van der Waals surface area contributed by atoms with Crippen LogP contribution >= 0.6 is 11.3 Å². The highest BCUT2D eigenvalue weighted by molar-refractivity contribution is 7.10. The lowest BCUT2D eigenvalue weighted by molar-refractivity contribution is 0.756. The Morgan fingerprint density at radius 2 is 2.07 bits per heavy atom. The normalized spacial score (nSPS) is 12.9. The van der Waals surface area contributed by atoms with Crippen LogP contribution in [-0.2, 0) is 12.8 Å². The van der Waals surface area contributed by atoms with Gasteiger partial charge in [-0.1, -0.05) is 19.9 Å². The Morgan fingerprint density at radius 1 is 1.27 bits per heavy atom. The smallest absolute Gasteiger partial charge is 0.0155 e. The summed E-state index contributed by atoms with van der Waals surface area (Å²) in [4.78, 5) is 4.93. The molecular weight excluding hydrogens is 202 g/mol. The van der Waals surface area contributed by atoms with Crippen molar-refractivity contribution >= 4 is 11.3 Å². The number of nitrogens with one attached hydrogen (secondary N) is 1. The van der Waals surface area contributed by atoms with E-state index in [-0.39, 0.29) is 0 Å². The molecule has 0 fully saturated rings. The molecule has 0 aromatic carbocycles. The van der Waals surface area contributed by atoms with Crippen LogP contribution in [0.2, 0.25) is 0 Å². The highest BCUT2D eigenvalue weighted by Gasteiger charge is 2.08. The van der Waals surface area contributed by atoms with E-state index in [1.54, 1.807) is 0 Å². The van der Waals surface area contributed by atoms with E-state index in [1.165, 1.54) is 16.3 Å². The van der Waals surface area contributed by atoms with Crippen LogP contribution in [0.3, 0.4) is 0 Å². The van der Waals surface area contributed by atoms with Gasteiger partial charge < -0.3 is 4.98 Å². The van der Waals surface area contributed by atoms with E-state index in [0.29, 0.717) is 5.92 Å². The third kappa shape index (κ3) is 2.51. The average Bonchev–Trinajstić information content (AvgIpc) is 2.87. The largest absolute Gasteiger partial charge is 0.362 e. The minimum atomic E-state index is 0.619. The number of H-pyrrole nitrogens is 1. The molecule has 15 heavy (non-hydrogen) atoms. The second-order valence-corrected chi connectivity index (χ2v) is 4.96. The lowest BCUT2D eigenvalue weighted by Gasteiger charge is -2.07. The monoisotopic (exact) mass is 219 g/mol. The molecule has 2 heteroatoms. The molecule has 0 aliphatic heterocycles. The number of hydrogen-bond donors (Lipinski definition) is 1. The van der Waals surface area contributed by atoms with E-state index in [0.717, 1.165) is 12.8 Å². The third-order valence-corrected chi connectivity index (χ3v) is 3.85. The number of thiophene rings is 1. The Kier molecular flexibility index (Phi) is 3.27.